The lowest BCUT2D eigenvalue weighted by Crippen LogP contribution is -2.54. The third kappa shape index (κ3) is 3.27. The maximum Gasteiger partial charge on any atom is 0.229 e. The molecule has 1 aliphatic carbocycles. The van der Waals surface area contributed by atoms with Gasteiger partial charge in [-0.2, -0.15) is 0 Å². The highest BCUT2D eigenvalue weighted by atomic mass is 79.9. The molecular weight excluding hydrogens is 564 g/mol. The Kier molecular flexibility index (Phi) is 5.79. The first-order valence-corrected chi connectivity index (χ1v) is 14.0. The number of aliphatic hydroxyl groups is 2. The summed E-state index contributed by atoms with van der Waals surface area (Å²) in [6.45, 7) is 0.948. The van der Waals surface area contributed by atoms with E-state index in [4.69, 9.17) is 14.2 Å². The molecule has 2 N–H and O–H groups in total. The minimum atomic E-state index is -2.02. The number of carbonyl (C=O) groups excluding carboxylic acids is 1. The highest BCUT2D eigenvalue weighted by Gasteiger charge is 2.78. The normalized spacial score (nSPS) is 34.4. The number of hydrogen-bond acceptors (Lipinski definition) is 7. The number of hydrogen-bond donors (Lipinski definition) is 2. The van der Waals surface area contributed by atoms with Crippen LogP contribution in [-0.2, 0) is 20.7 Å². The molecule has 0 unspecified atom stereocenters. The molecule has 2 aromatic carbocycles. The van der Waals surface area contributed by atoms with Gasteiger partial charge >= 0.3 is 0 Å². The Morgan fingerprint density at radius 2 is 1.77 bits per heavy atom. The van der Waals surface area contributed by atoms with Crippen LogP contribution in [0, 0.1) is 5.92 Å². The topological polar surface area (TPSA) is 101 Å². The van der Waals surface area contributed by atoms with Gasteiger partial charge < -0.3 is 29.3 Å². The minimum Gasteiger partial charge on any atom is -0.495 e. The van der Waals surface area contributed by atoms with E-state index < -0.39 is 29.1 Å². The van der Waals surface area contributed by atoms with Crippen LogP contribution < -0.4 is 9.47 Å². The van der Waals surface area contributed by atoms with E-state index in [1.807, 2.05) is 59.5 Å². The van der Waals surface area contributed by atoms with Crippen LogP contribution in [0.3, 0.4) is 0 Å². The van der Waals surface area contributed by atoms with Crippen molar-refractivity contribution in [3.05, 3.63) is 88.2 Å². The number of amides is 1. The van der Waals surface area contributed by atoms with Crippen LogP contribution in [0.15, 0.2) is 71.5 Å². The van der Waals surface area contributed by atoms with E-state index in [2.05, 4.69) is 20.9 Å². The van der Waals surface area contributed by atoms with Crippen molar-refractivity contribution in [1.29, 1.82) is 0 Å². The first-order chi connectivity index (χ1) is 18.9. The largest absolute Gasteiger partial charge is 0.495 e. The average molecular weight is 593 g/mol. The number of rotatable bonds is 4. The van der Waals surface area contributed by atoms with Gasteiger partial charge in [-0.25, -0.2) is 0 Å². The van der Waals surface area contributed by atoms with Gasteiger partial charge in [-0.1, -0.05) is 58.4 Å². The van der Waals surface area contributed by atoms with Crippen molar-refractivity contribution < 1.29 is 29.2 Å². The lowest BCUT2D eigenvalue weighted by atomic mass is 9.70. The number of morpholine rings is 1. The fraction of sp³-hybridized carbons (Fsp3) is 0.400. The lowest BCUT2D eigenvalue weighted by Gasteiger charge is -2.41. The molecule has 1 amide bonds. The molecule has 202 valence electrons. The molecule has 4 heterocycles. The number of benzene rings is 2. The van der Waals surface area contributed by atoms with Gasteiger partial charge in [-0.15, -0.1) is 0 Å². The number of pyridine rings is 1. The van der Waals surface area contributed by atoms with E-state index in [1.165, 1.54) is 19.5 Å². The second-order valence-corrected chi connectivity index (χ2v) is 11.8. The Hall–Kier alpha value is -2.98. The summed E-state index contributed by atoms with van der Waals surface area (Å²) in [5.41, 5.74) is -1.83. The molecule has 4 aliphatic rings. The Morgan fingerprint density at radius 1 is 1.08 bits per heavy atom. The zero-order valence-electron chi connectivity index (χ0n) is 21.4. The number of carbonyl (C=O) groups is 1. The fourth-order valence-corrected chi connectivity index (χ4v) is 7.79. The molecule has 0 spiro atoms. The summed E-state index contributed by atoms with van der Waals surface area (Å²) >= 11 is 3.51. The quantitative estimate of drug-likeness (QED) is 0.478. The van der Waals surface area contributed by atoms with Gasteiger partial charge in [-0.3, -0.25) is 9.78 Å². The summed E-state index contributed by atoms with van der Waals surface area (Å²) in [4.78, 5) is 20.8. The number of nitrogens with zero attached hydrogens (tertiary/aromatic N) is 2. The minimum absolute atomic E-state index is 0.0504. The van der Waals surface area contributed by atoms with Crippen molar-refractivity contribution in [1.82, 2.24) is 9.88 Å². The number of halogens is 1. The highest BCUT2D eigenvalue weighted by molar-refractivity contribution is 9.10. The van der Waals surface area contributed by atoms with Gasteiger partial charge in [0.25, 0.3) is 0 Å². The highest BCUT2D eigenvalue weighted by Crippen LogP contribution is 2.70. The van der Waals surface area contributed by atoms with Crippen molar-refractivity contribution in [2.24, 2.45) is 5.92 Å². The number of aromatic nitrogens is 1. The molecule has 1 saturated carbocycles. The Bertz CT molecular complexity index is 1400. The van der Waals surface area contributed by atoms with Gasteiger partial charge in [-0.05, 0) is 36.1 Å². The Morgan fingerprint density at radius 3 is 2.44 bits per heavy atom. The van der Waals surface area contributed by atoms with Crippen LogP contribution in [0.25, 0.3) is 0 Å². The summed E-state index contributed by atoms with van der Waals surface area (Å²) < 4.78 is 19.0. The predicted molar refractivity (Wildman–Crippen MR) is 144 cm³/mol. The van der Waals surface area contributed by atoms with Crippen LogP contribution in [0.5, 0.6) is 11.5 Å². The number of aliphatic hydroxyl groups excluding tert-OH is 1. The molecule has 39 heavy (non-hydrogen) atoms. The van der Waals surface area contributed by atoms with E-state index in [-0.39, 0.29) is 18.0 Å². The van der Waals surface area contributed by atoms with Crippen LogP contribution >= 0.6 is 15.9 Å². The molecule has 0 radical (unpaired) electrons. The summed E-state index contributed by atoms with van der Waals surface area (Å²) in [6.07, 6.45) is 3.24. The monoisotopic (exact) mass is 592 g/mol. The van der Waals surface area contributed by atoms with Crippen molar-refractivity contribution in [2.75, 3.05) is 20.3 Å². The number of methoxy groups -OCH3 is 1. The zero-order valence-corrected chi connectivity index (χ0v) is 23.0. The first-order valence-electron chi connectivity index (χ1n) is 13.2. The molecule has 2 saturated heterocycles. The summed E-state index contributed by atoms with van der Waals surface area (Å²) in [6, 6.07) is 17.0. The van der Waals surface area contributed by atoms with Crippen molar-refractivity contribution in [2.45, 2.75) is 48.1 Å². The summed E-state index contributed by atoms with van der Waals surface area (Å²) in [5.74, 6) is -1.30. The SMILES string of the molecule is COc1cncc2c1[C@]1(O)[C@H](O)[C@H](C(=O)N3[C@@H]4CC[C@H]3COC4)[C@@H](c3ccccc3)[C@]1(c1ccc(Br)cc1)O2. The molecule has 3 fully saturated rings. The number of fused-ring (bicyclic) bond motifs is 5. The van der Waals surface area contributed by atoms with Crippen molar-refractivity contribution in [3.8, 4) is 11.5 Å². The molecule has 3 aliphatic heterocycles. The Balaban J connectivity index is 1.50. The number of ether oxygens (including phenoxy) is 3. The maximum absolute atomic E-state index is 14.6. The second-order valence-electron chi connectivity index (χ2n) is 10.9. The van der Waals surface area contributed by atoms with Crippen LogP contribution in [0.4, 0.5) is 0 Å². The molecule has 1 aromatic heterocycles. The van der Waals surface area contributed by atoms with E-state index >= 15 is 0 Å². The third-order valence-electron chi connectivity index (χ3n) is 9.09. The third-order valence-corrected chi connectivity index (χ3v) is 9.62. The summed E-state index contributed by atoms with van der Waals surface area (Å²) in [7, 11) is 1.49. The molecule has 7 rings (SSSR count). The molecular formula is C30H29BrN2O6. The predicted octanol–water partition coefficient (Wildman–Crippen LogP) is 3.49. The van der Waals surface area contributed by atoms with Crippen molar-refractivity contribution >= 4 is 21.8 Å². The molecule has 7 atom stereocenters. The van der Waals surface area contributed by atoms with Gasteiger partial charge in [0.1, 0.15) is 17.6 Å². The van der Waals surface area contributed by atoms with E-state index in [9.17, 15) is 15.0 Å². The fourth-order valence-electron chi connectivity index (χ4n) is 7.53. The lowest BCUT2D eigenvalue weighted by molar-refractivity contribution is -0.160. The van der Waals surface area contributed by atoms with Crippen LogP contribution in [0.1, 0.15) is 35.4 Å². The zero-order chi connectivity index (χ0) is 26.9. The summed E-state index contributed by atoms with van der Waals surface area (Å²) in [5, 5.41) is 25.2. The van der Waals surface area contributed by atoms with Crippen LogP contribution in [-0.4, -0.2) is 64.5 Å². The second kappa shape index (κ2) is 9.02. The Labute approximate surface area is 234 Å². The average Bonchev–Trinajstić information content (AvgIpc) is 3.46. The standard InChI is InChI=1S/C30H29BrN2O6/c1-37-22-13-32-14-23-26(22)29(36)27(34)24(28(35)33-20-11-12-21(33)16-38-15-20)25(17-5-3-2-4-6-17)30(29,39-23)18-7-9-19(31)10-8-18/h2-10,13-14,20-21,24-25,27,34,36H,11-12,15-16H2,1H3/t20-,21+,24-,25-,27-,29+,30+/m1/s1. The first kappa shape index (κ1) is 25.0. The van der Waals surface area contributed by atoms with E-state index in [0.717, 1.165) is 22.9 Å². The molecule has 8 nitrogen and oxygen atoms in total. The molecule has 2 bridgehead atoms. The molecule has 9 heteroatoms. The van der Waals surface area contributed by atoms with Crippen molar-refractivity contribution in [3.63, 3.8) is 0 Å². The maximum atomic E-state index is 14.6. The molecule has 3 aromatic rings. The van der Waals surface area contributed by atoms with E-state index in [0.29, 0.717) is 35.8 Å². The van der Waals surface area contributed by atoms with Gasteiger partial charge in [0.15, 0.2) is 11.2 Å². The van der Waals surface area contributed by atoms with Gasteiger partial charge in [0.05, 0.1) is 56.3 Å². The smallest absolute Gasteiger partial charge is 0.229 e. The van der Waals surface area contributed by atoms with E-state index in [1.54, 1.807) is 0 Å². The van der Waals surface area contributed by atoms with Crippen LogP contribution in [0.2, 0.25) is 0 Å². The van der Waals surface area contributed by atoms with Gasteiger partial charge in [0, 0.05) is 10.4 Å². The van der Waals surface area contributed by atoms with Gasteiger partial charge in [0.2, 0.25) is 5.91 Å².